The molecule has 1 aliphatic heterocycles. The molecule has 126 valence electrons. The highest BCUT2D eigenvalue weighted by Crippen LogP contribution is 2.72. The first-order valence-corrected chi connectivity index (χ1v) is 9.34. The molecule has 5 aliphatic rings. The maximum absolute atomic E-state index is 12.4. The minimum Gasteiger partial charge on any atom is -0.462 e. The standard InChI is InChI=1S/C19H26O4/c1-10(20)22-11-3-4-13-12-7-8-18(2)14(5-6-15(18)21)16(12)17-19(13,9-11)23-17/h11-14,16-17H,3-9H2,1-2H3. The molecule has 0 radical (unpaired) electrons. The predicted molar refractivity (Wildman–Crippen MR) is 82.6 cm³/mol. The van der Waals surface area contributed by atoms with Gasteiger partial charge in [-0.3, -0.25) is 9.59 Å². The average molecular weight is 318 g/mol. The lowest BCUT2D eigenvalue weighted by molar-refractivity contribution is -0.150. The van der Waals surface area contributed by atoms with Crippen molar-refractivity contribution in [2.75, 3.05) is 0 Å². The van der Waals surface area contributed by atoms with Gasteiger partial charge in [0.2, 0.25) is 0 Å². The van der Waals surface area contributed by atoms with Crippen molar-refractivity contribution in [2.24, 2.45) is 29.1 Å². The van der Waals surface area contributed by atoms with Gasteiger partial charge in [0.25, 0.3) is 0 Å². The molecular formula is C19H26O4. The minimum atomic E-state index is -0.175. The molecule has 0 N–H and O–H groups in total. The first-order chi connectivity index (χ1) is 11.0. The molecule has 4 heteroatoms. The fourth-order valence-corrected chi connectivity index (χ4v) is 7.10. The quantitative estimate of drug-likeness (QED) is 0.551. The van der Waals surface area contributed by atoms with Crippen molar-refractivity contribution in [3.05, 3.63) is 0 Å². The van der Waals surface area contributed by atoms with Crippen LogP contribution in [0.5, 0.6) is 0 Å². The Labute approximate surface area is 137 Å². The van der Waals surface area contributed by atoms with Gasteiger partial charge in [0.15, 0.2) is 0 Å². The number of fused-ring (bicyclic) bond motifs is 5. The van der Waals surface area contributed by atoms with E-state index < -0.39 is 0 Å². The molecule has 4 aliphatic carbocycles. The highest BCUT2D eigenvalue weighted by molar-refractivity contribution is 5.87. The Morgan fingerprint density at radius 1 is 1.22 bits per heavy atom. The molecular weight excluding hydrogens is 292 g/mol. The fraction of sp³-hybridized carbons (Fsp3) is 0.895. The first kappa shape index (κ1) is 14.4. The number of hydrogen-bond acceptors (Lipinski definition) is 4. The van der Waals surface area contributed by atoms with E-state index in [0.717, 1.165) is 44.4 Å². The van der Waals surface area contributed by atoms with E-state index in [1.54, 1.807) is 0 Å². The van der Waals surface area contributed by atoms with Crippen molar-refractivity contribution in [1.82, 2.24) is 0 Å². The SMILES string of the molecule is CC(=O)OC1CCC2C3CCC4(C)C(=O)CCC4C3C3OC23C1. The molecule has 8 atom stereocenters. The highest BCUT2D eigenvalue weighted by Gasteiger charge is 2.77. The average Bonchev–Trinajstić information content (AvgIpc) is 2.99. The van der Waals surface area contributed by atoms with Gasteiger partial charge in [0.1, 0.15) is 17.5 Å². The number of esters is 1. The van der Waals surface area contributed by atoms with Gasteiger partial charge in [-0.25, -0.2) is 0 Å². The van der Waals surface area contributed by atoms with Gasteiger partial charge in [0, 0.05) is 25.2 Å². The van der Waals surface area contributed by atoms with Gasteiger partial charge < -0.3 is 9.47 Å². The van der Waals surface area contributed by atoms with Crippen LogP contribution in [0, 0.1) is 29.1 Å². The molecule has 1 saturated heterocycles. The maximum atomic E-state index is 12.4. The molecule has 0 aromatic carbocycles. The van der Waals surface area contributed by atoms with Gasteiger partial charge >= 0.3 is 5.97 Å². The fourth-order valence-electron chi connectivity index (χ4n) is 7.10. The largest absolute Gasteiger partial charge is 0.462 e. The van der Waals surface area contributed by atoms with Crippen LogP contribution < -0.4 is 0 Å². The van der Waals surface area contributed by atoms with Crippen molar-refractivity contribution in [3.63, 3.8) is 0 Å². The summed E-state index contributed by atoms with van der Waals surface area (Å²) < 4.78 is 11.8. The zero-order chi connectivity index (χ0) is 16.0. The Morgan fingerprint density at radius 2 is 2.04 bits per heavy atom. The molecule has 0 bridgehead atoms. The molecule has 23 heavy (non-hydrogen) atoms. The third kappa shape index (κ3) is 1.71. The van der Waals surface area contributed by atoms with E-state index in [-0.39, 0.29) is 23.1 Å². The van der Waals surface area contributed by atoms with E-state index >= 15 is 0 Å². The molecule has 0 amide bonds. The van der Waals surface area contributed by atoms with E-state index in [2.05, 4.69) is 6.92 Å². The van der Waals surface area contributed by atoms with Gasteiger partial charge in [-0.15, -0.1) is 0 Å². The lowest BCUT2D eigenvalue weighted by atomic mass is 9.59. The lowest BCUT2D eigenvalue weighted by Crippen LogP contribution is -2.44. The summed E-state index contributed by atoms with van der Waals surface area (Å²) in [6.07, 6.45) is 7.43. The number of carbonyl (C=O) groups excluding carboxylic acids is 2. The van der Waals surface area contributed by atoms with Crippen molar-refractivity contribution >= 4 is 11.8 Å². The molecule has 4 nitrogen and oxygen atoms in total. The summed E-state index contributed by atoms with van der Waals surface area (Å²) in [5.41, 5.74) is -0.109. The summed E-state index contributed by atoms with van der Waals surface area (Å²) >= 11 is 0. The number of hydrogen-bond donors (Lipinski definition) is 0. The van der Waals surface area contributed by atoms with Crippen molar-refractivity contribution in [3.8, 4) is 0 Å². The van der Waals surface area contributed by atoms with Gasteiger partial charge in [-0.05, 0) is 55.8 Å². The van der Waals surface area contributed by atoms with Crippen LogP contribution in [0.15, 0.2) is 0 Å². The minimum absolute atomic E-state index is 0.0232. The summed E-state index contributed by atoms with van der Waals surface area (Å²) in [5.74, 6) is 2.77. The number of ether oxygens (including phenoxy) is 2. The van der Waals surface area contributed by atoms with Crippen LogP contribution in [0.2, 0.25) is 0 Å². The van der Waals surface area contributed by atoms with Crippen LogP contribution in [-0.2, 0) is 19.1 Å². The van der Waals surface area contributed by atoms with E-state index in [4.69, 9.17) is 9.47 Å². The third-order valence-electron chi connectivity index (χ3n) is 8.04. The molecule has 0 aromatic rings. The van der Waals surface area contributed by atoms with Gasteiger partial charge in [0.05, 0.1) is 6.10 Å². The van der Waals surface area contributed by atoms with Crippen LogP contribution in [0.1, 0.15) is 58.8 Å². The van der Waals surface area contributed by atoms with Crippen molar-refractivity contribution < 1.29 is 19.1 Å². The Balaban J connectivity index is 1.43. The predicted octanol–water partition coefficient (Wildman–Crippen LogP) is 2.88. The molecule has 1 spiro atoms. The molecule has 0 aromatic heterocycles. The molecule has 5 fully saturated rings. The van der Waals surface area contributed by atoms with Gasteiger partial charge in [-0.1, -0.05) is 6.92 Å². The molecule has 8 unspecified atom stereocenters. The first-order valence-electron chi connectivity index (χ1n) is 9.34. The second kappa shape index (κ2) is 4.38. The van der Waals surface area contributed by atoms with E-state index in [1.165, 1.54) is 13.3 Å². The smallest absolute Gasteiger partial charge is 0.302 e. The Morgan fingerprint density at radius 3 is 2.83 bits per heavy atom. The Kier molecular flexibility index (Phi) is 2.75. The zero-order valence-electron chi connectivity index (χ0n) is 14.0. The normalized spacial score (nSPS) is 56.3. The number of ketones is 1. The zero-order valence-corrected chi connectivity index (χ0v) is 14.0. The number of rotatable bonds is 1. The van der Waals surface area contributed by atoms with Crippen LogP contribution in [0.3, 0.4) is 0 Å². The summed E-state index contributed by atoms with van der Waals surface area (Å²) in [4.78, 5) is 23.7. The summed E-state index contributed by atoms with van der Waals surface area (Å²) in [6, 6.07) is 0. The van der Waals surface area contributed by atoms with E-state index in [1.807, 2.05) is 0 Å². The second-order valence-corrected chi connectivity index (χ2v) is 8.88. The van der Waals surface area contributed by atoms with Crippen LogP contribution in [-0.4, -0.2) is 29.6 Å². The number of carbonyl (C=O) groups is 2. The van der Waals surface area contributed by atoms with Crippen LogP contribution >= 0.6 is 0 Å². The van der Waals surface area contributed by atoms with E-state index in [0.29, 0.717) is 29.6 Å². The highest BCUT2D eigenvalue weighted by atomic mass is 16.6. The third-order valence-corrected chi connectivity index (χ3v) is 8.04. The monoisotopic (exact) mass is 318 g/mol. The molecule has 5 rings (SSSR count). The second-order valence-electron chi connectivity index (χ2n) is 8.88. The summed E-state index contributed by atoms with van der Waals surface area (Å²) in [5, 5.41) is 0. The maximum Gasteiger partial charge on any atom is 0.302 e. The van der Waals surface area contributed by atoms with Crippen LogP contribution in [0.4, 0.5) is 0 Å². The Hall–Kier alpha value is -0.900. The number of Topliss-reactive ketones (excluding diaryl/α,β-unsaturated/α-hetero) is 1. The molecule has 4 saturated carbocycles. The van der Waals surface area contributed by atoms with Crippen molar-refractivity contribution in [1.29, 1.82) is 0 Å². The molecule has 1 heterocycles. The topological polar surface area (TPSA) is 55.9 Å². The van der Waals surface area contributed by atoms with Crippen molar-refractivity contribution in [2.45, 2.75) is 76.6 Å². The number of epoxide rings is 1. The van der Waals surface area contributed by atoms with Crippen LogP contribution in [0.25, 0.3) is 0 Å². The van der Waals surface area contributed by atoms with E-state index in [9.17, 15) is 9.59 Å². The van der Waals surface area contributed by atoms with Gasteiger partial charge in [-0.2, -0.15) is 0 Å². The summed E-state index contributed by atoms with van der Waals surface area (Å²) in [6.45, 7) is 3.71. The summed E-state index contributed by atoms with van der Waals surface area (Å²) in [7, 11) is 0. The Bertz CT molecular complexity index is 586. The lowest BCUT2D eigenvalue weighted by Gasteiger charge is -2.46.